The van der Waals surface area contributed by atoms with Crippen molar-refractivity contribution < 1.29 is 29.1 Å². The Morgan fingerprint density at radius 2 is 1.38 bits per heavy atom. The van der Waals surface area contributed by atoms with E-state index in [2.05, 4.69) is 16.0 Å². The van der Waals surface area contributed by atoms with Crippen LogP contribution in [0.1, 0.15) is 60.8 Å². The molecule has 0 aromatic carbocycles. The first-order valence-corrected chi connectivity index (χ1v) is 10.9. The second kappa shape index (κ2) is 13.7. The lowest BCUT2D eigenvalue weighted by atomic mass is 9.96. The predicted molar refractivity (Wildman–Crippen MR) is 119 cm³/mol. The van der Waals surface area contributed by atoms with Gasteiger partial charge in [-0.05, 0) is 24.2 Å². The molecule has 184 valence electrons. The summed E-state index contributed by atoms with van der Waals surface area (Å²) < 4.78 is 0. The van der Waals surface area contributed by atoms with Gasteiger partial charge in [0.2, 0.25) is 23.6 Å². The van der Waals surface area contributed by atoms with Crippen LogP contribution < -0.4 is 27.4 Å². The Morgan fingerprint density at radius 3 is 1.78 bits per heavy atom. The molecule has 0 aliphatic rings. The fourth-order valence-corrected chi connectivity index (χ4v) is 2.93. The van der Waals surface area contributed by atoms with Gasteiger partial charge < -0.3 is 32.5 Å². The van der Waals surface area contributed by atoms with Gasteiger partial charge in [0.15, 0.2) is 0 Å². The molecule has 0 aliphatic carbocycles. The van der Waals surface area contributed by atoms with Crippen LogP contribution >= 0.6 is 0 Å². The average molecular weight is 458 g/mol. The van der Waals surface area contributed by atoms with E-state index in [1.54, 1.807) is 13.8 Å². The van der Waals surface area contributed by atoms with Gasteiger partial charge in [-0.1, -0.05) is 48.0 Å². The lowest BCUT2D eigenvalue weighted by molar-refractivity contribution is -0.144. The third-order valence-corrected chi connectivity index (χ3v) is 5.17. The van der Waals surface area contributed by atoms with E-state index in [4.69, 9.17) is 11.5 Å². The Balaban J connectivity index is 5.49. The topological polar surface area (TPSA) is 194 Å². The lowest BCUT2D eigenvalue weighted by Crippen LogP contribution is -2.59. The number of carboxylic acid groups (broad SMARTS) is 1. The highest BCUT2D eigenvalue weighted by Crippen LogP contribution is 2.10. The van der Waals surface area contributed by atoms with Gasteiger partial charge in [0.1, 0.15) is 18.1 Å². The van der Waals surface area contributed by atoms with E-state index < -0.39 is 60.2 Å². The second-order valence-electron chi connectivity index (χ2n) is 8.90. The molecular formula is C21H39N5O6. The maximum atomic E-state index is 12.9. The van der Waals surface area contributed by atoms with Crippen molar-refractivity contribution >= 4 is 29.6 Å². The monoisotopic (exact) mass is 457 g/mol. The molecule has 0 saturated heterocycles. The summed E-state index contributed by atoms with van der Waals surface area (Å²) in [5.41, 5.74) is 11.0. The van der Waals surface area contributed by atoms with Crippen LogP contribution in [0.25, 0.3) is 0 Å². The Bertz CT molecular complexity index is 682. The van der Waals surface area contributed by atoms with Gasteiger partial charge in [-0.3, -0.25) is 19.2 Å². The number of carboxylic acids is 1. The van der Waals surface area contributed by atoms with Crippen molar-refractivity contribution in [3.63, 3.8) is 0 Å². The van der Waals surface area contributed by atoms with E-state index in [1.807, 2.05) is 27.7 Å². The molecule has 0 radical (unpaired) electrons. The van der Waals surface area contributed by atoms with Crippen molar-refractivity contribution in [1.82, 2.24) is 16.0 Å². The zero-order chi connectivity index (χ0) is 25.2. The minimum atomic E-state index is -1.51. The van der Waals surface area contributed by atoms with Gasteiger partial charge in [-0.25, -0.2) is 4.79 Å². The number of rotatable bonds is 14. The molecule has 0 spiro atoms. The zero-order valence-electron chi connectivity index (χ0n) is 19.8. The van der Waals surface area contributed by atoms with Crippen LogP contribution in [0, 0.1) is 17.8 Å². The molecule has 0 fully saturated rings. The van der Waals surface area contributed by atoms with Crippen molar-refractivity contribution in [2.45, 2.75) is 85.0 Å². The maximum absolute atomic E-state index is 12.9. The number of hydrogen-bond donors (Lipinski definition) is 6. The minimum Gasteiger partial charge on any atom is -0.480 e. The van der Waals surface area contributed by atoms with Crippen LogP contribution in [-0.4, -0.2) is 58.9 Å². The SMILES string of the molecule is CCC(C)C(N)C(=O)NC(C(=O)NC(CC(C)C)C(=O)NC(CC(N)=O)C(=O)O)C(C)C. The van der Waals surface area contributed by atoms with E-state index in [9.17, 15) is 29.1 Å². The Kier molecular flexibility index (Phi) is 12.5. The highest BCUT2D eigenvalue weighted by atomic mass is 16.4. The van der Waals surface area contributed by atoms with Crippen molar-refractivity contribution in [1.29, 1.82) is 0 Å². The molecule has 11 heteroatoms. The molecule has 0 heterocycles. The van der Waals surface area contributed by atoms with Gasteiger partial charge in [0, 0.05) is 0 Å². The highest BCUT2D eigenvalue weighted by molar-refractivity contribution is 5.95. The number of nitrogens with two attached hydrogens (primary N) is 2. The minimum absolute atomic E-state index is 0.0172. The van der Waals surface area contributed by atoms with E-state index in [0.29, 0.717) is 6.42 Å². The first kappa shape index (κ1) is 29.3. The molecule has 11 nitrogen and oxygen atoms in total. The predicted octanol–water partition coefficient (Wildman–Crippen LogP) is -0.524. The quantitative estimate of drug-likeness (QED) is 0.202. The van der Waals surface area contributed by atoms with Gasteiger partial charge >= 0.3 is 5.97 Å². The van der Waals surface area contributed by atoms with Crippen LogP contribution in [0.3, 0.4) is 0 Å². The Morgan fingerprint density at radius 1 is 0.844 bits per heavy atom. The van der Waals surface area contributed by atoms with E-state index >= 15 is 0 Å². The largest absolute Gasteiger partial charge is 0.480 e. The summed E-state index contributed by atoms with van der Waals surface area (Å²) in [4.78, 5) is 60.6. The fraction of sp³-hybridized carbons (Fsp3) is 0.762. The standard InChI is InChI=1S/C21H39N5O6/c1-7-12(6)16(23)19(29)26-17(11(4)5)20(30)24-13(8-10(2)3)18(28)25-14(21(31)32)9-15(22)27/h10-14,16-17H,7-9,23H2,1-6H3,(H2,22,27)(H,24,30)(H,25,28)(H,26,29)(H,31,32). The summed E-state index contributed by atoms with van der Waals surface area (Å²) >= 11 is 0. The smallest absolute Gasteiger partial charge is 0.326 e. The van der Waals surface area contributed by atoms with Gasteiger partial charge in [-0.2, -0.15) is 0 Å². The van der Waals surface area contributed by atoms with Crippen LogP contribution in [0.4, 0.5) is 0 Å². The third-order valence-electron chi connectivity index (χ3n) is 5.17. The molecule has 5 atom stereocenters. The first-order chi connectivity index (χ1) is 14.7. The van der Waals surface area contributed by atoms with Crippen molar-refractivity contribution in [3.05, 3.63) is 0 Å². The summed E-state index contributed by atoms with van der Waals surface area (Å²) in [6.45, 7) is 10.9. The van der Waals surface area contributed by atoms with Gasteiger partial charge in [0.05, 0.1) is 12.5 Å². The van der Waals surface area contributed by atoms with Gasteiger partial charge in [-0.15, -0.1) is 0 Å². The number of amides is 4. The van der Waals surface area contributed by atoms with Crippen molar-refractivity contribution in [2.75, 3.05) is 0 Å². The van der Waals surface area contributed by atoms with E-state index in [0.717, 1.165) is 0 Å². The normalized spacial score (nSPS) is 15.9. The summed E-state index contributed by atoms with van der Waals surface area (Å²) in [7, 11) is 0. The maximum Gasteiger partial charge on any atom is 0.326 e. The third kappa shape index (κ3) is 10.1. The van der Waals surface area contributed by atoms with Crippen LogP contribution in [-0.2, 0) is 24.0 Å². The fourth-order valence-electron chi connectivity index (χ4n) is 2.93. The zero-order valence-corrected chi connectivity index (χ0v) is 19.8. The highest BCUT2D eigenvalue weighted by Gasteiger charge is 2.32. The van der Waals surface area contributed by atoms with E-state index in [1.165, 1.54) is 0 Å². The lowest BCUT2D eigenvalue weighted by Gasteiger charge is -2.28. The Labute approximate surface area is 189 Å². The molecule has 0 bridgehead atoms. The number of carbonyl (C=O) groups excluding carboxylic acids is 4. The Hall–Kier alpha value is -2.69. The molecule has 4 amide bonds. The second-order valence-corrected chi connectivity index (χ2v) is 8.90. The van der Waals surface area contributed by atoms with Gasteiger partial charge in [0.25, 0.3) is 0 Å². The molecule has 0 aromatic heterocycles. The number of nitrogens with one attached hydrogen (secondary N) is 3. The molecule has 5 unspecified atom stereocenters. The number of aliphatic carboxylic acids is 1. The number of hydrogen-bond acceptors (Lipinski definition) is 6. The first-order valence-electron chi connectivity index (χ1n) is 10.9. The van der Waals surface area contributed by atoms with E-state index in [-0.39, 0.29) is 24.2 Å². The molecule has 0 rings (SSSR count). The summed E-state index contributed by atoms with van der Waals surface area (Å²) in [5.74, 6) is -4.52. The molecule has 32 heavy (non-hydrogen) atoms. The molecule has 0 aromatic rings. The van der Waals surface area contributed by atoms with Crippen LogP contribution in [0.2, 0.25) is 0 Å². The molecular weight excluding hydrogens is 418 g/mol. The summed E-state index contributed by atoms with van der Waals surface area (Å²) in [6, 6.07) is -4.31. The number of primary amides is 1. The van der Waals surface area contributed by atoms with Crippen LogP contribution in [0.5, 0.6) is 0 Å². The van der Waals surface area contributed by atoms with Crippen LogP contribution in [0.15, 0.2) is 0 Å². The molecule has 0 aliphatic heterocycles. The average Bonchev–Trinajstić information content (AvgIpc) is 2.68. The van der Waals surface area contributed by atoms with Crippen molar-refractivity contribution in [2.24, 2.45) is 29.2 Å². The summed E-state index contributed by atoms with van der Waals surface area (Å²) in [5, 5.41) is 16.7. The van der Waals surface area contributed by atoms with Crippen molar-refractivity contribution in [3.8, 4) is 0 Å². The number of carbonyl (C=O) groups is 5. The summed E-state index contributed by atoms with van der Waals surface area (Å²) in [6.07, 6.45) is 0.326. The molecule has 0 saturated carbocycles. The molecule has 8 N–H and O–H groups in total.